The summed E-state index contributed by atoms with van der Waals surface area (Å²) >= 11 is 0. The molecule has 6 heteroatoms. The van der Waals surface area contributed by atoms with E-state index in [-0.39, 0.29) is 18.9 Å². The number of carbonyl (C=O) groups is 2. The Kier molecular flexibility index (Phi) is 7.97. The van der Waals surface area contributed by atoms with E-state index in [2.05, 4.69) is 36.2 Å². The summed E-state index contributed by atoms with van der Waals surface area (Å²) in [5, 5.41) is 2.73. The van der Waals surface area contributed by atoms with Crippen LogP contribution in [0.25, 0.3) is 11.1 Å². The van der Waals surface area contributed by atoms with Gasteiger partial charge in [0.05, 0.1) is 0 Å². The van der Waals surface area contributed by atoms with Crippen molar-refractivity contribution in [2.75, 3.05) is 13.2 Å². The molecular formula is C31H33NO5. The Labute approximate surface area is 218 Å². The van der Waals surface area contributed by atoms with Crippen LogP contribution < -0.4 is 10.1 Å². The lowest BCUT2D eigenvalue weighted by Crippen LogP contribution is -2.46. The van der Waals surface area contributed by atoms with E-state index in [1.54, 1.807) is 26.8 Å². The predicted octanol–water partition coefficient (Wildman–Crippen LogP) is 6.04. The predicted molar refractivity (Wildman–Crippen MR) is 144 cm³/mol. The molecular weight excluding hydrogens is 466 g/mol. The number of alkyl carbamates (subject to hydrolysis) is 1. The number of fused-ring (bicyclic) bond motifs is 3. The first-order valence-corrected chi connectivity index (χ1v) is 12.4. The molecule has 1 atom stereocenters. The van der Waals surface area contributed by atoms with Crippen LogP contribution in [0.1, 0.15) is 43.4 Å². The highest BCUT2D eigenvalue weighted by Crippen LogP contribution is 2.44. The lowest BCUT2D eigenvalue weighted by atomic mass is 9.98. The van der Waals surface area contributed by atoms with Crippen LogP contribution in [-0.2, 0) is 20.7 Å². The van der Waals surface area contributed by atoms with Crippen molar-refractivity contribution in [3.63, 3.8) is 0 Å². The molecule has 1 aliphatic carbocycles. The topological polar surface area (TPSA) is 73.9 Å². The molecule has 192 valence electrons. The van der Waals surface area contributed by atoms with Gasteiger partial charge in [-0.3, -0.25) is 0 Å². The quantitative estimate of drug-likeness (QED) is 0.287. The van der Waals surface area contributed by atoms with Gasteiger partial charge >= 0.3 is 12.1 Å². The summed E-state index contributed by atoms with van der Waals surface area (Å²) in [5.41, 5.74) is 4.66. The van der Waals surface area contributed by atoms with Crippen LogP contribution in [0.15, 0.2) is 85.5 Å². The number of carbonyl (C=O) groups excluding carboxylic acids is 2. The summed E-state index contributed by atoms with van der Waals surface area (Å²) in [7, 11) is 0. The Morgan fingerprint density at radius 2 is 1.62 bits per heavy atom. The van der Waals surface area contributed by atoms with Crippen molar-refractivity contribution in [3.8, 4) is 16.9 Å². The SMILES string of the molecule is C=CCOc1cccc(CC(NC(=O)OCC2c3ccccc3-c3ccccc32)C(=O)OC(C)(C)C)c1. The molecule has 1 aliphatic rings. The smallest absolute Gasteiger partial charge is 0.407 e. The maximum absolute atomic E-state index is 13.0. The van der Waals surface area contributed by atoms with Crippen LogP contribution in [0.5, 0.6) is 5.75 Å². The third-order valence-electron chi connectivity index (χ3n) is 6.03. The van der Waals surface area contributed by atoms with E-state index in [9.17, 15) is 9.59 Å². The molecule has 37 heavy (non-hydrogen) atoms. The van der Waals surface area contributed by atoms with E-state index >= 15 is 0 Å². The molecule has 1 amide bonds. The van der Waals surface area contributed by atoms with Crippen LogP contribution in [0, 0.1) is 0 Å². The van der Waals surface area contributed by atoms with Gasteiger partial charge in [0, 0.05) is 12.3 Å². The first kappa shape index (κ1) is 26.0. The third-order valence-corrected chi connectivity index (χ3v) is 6.03. The zero-order valence-electron chi connectivity index (χ0n) is 21.5. The summed E-state index contributed by atoms with van der Waals surface area (Å²) in [6.07, 6.45) is 1.22. The van der Waals surface area contributed by atoms with Crippen molar-refractivity contribution >= 4 is 12.1 Å². The summed E-state index contributed by atoms with van der Waals surface area (Å²) < 4.78 is 16.9. The molecule has 3 aromatic carbocycles. The van der Waals surface area contributed by atoms with Crippen LogP contribution in [0.2, 0.25) is 0 Å². The van der Waals surface area contributed by atoms with Gasteiger partial charge in [0.1, 0.15) is 30.6 Å². The number of ether oxygens (including phenoxy) is 3. The van der Waals surface area contributed by atoms with Crippen molar-refractivity contribution in [2.24, 2.45) is 0 Å². The highest BCUT2D eigenvalue weighted by Gasteiger charge is 2.31. The zero-order chi connectivity index (χ0) is 26.4. The fourth-order valence-electron chi connectivity index (χ4n) is 4.50. The molecule has 0 aromatic heterocycles. The number of rotatable bonds is 9. The number of esters is 1. The molecule has 0 saturated heterocycles. The minimum atomic E-state index is -0.926. The molecule has 0 saturated carbocycles. The Morgan fingerprint density at radius 1 is 0.973 bits per heavy atom. The summed E-state index contributed by atoms with van der Waals surface area (Å²) in [6.45, 7) is 9.56. The minimum absolute atomic E-state index is 0.0724. The van der Waals surface area contributed by atoms with Gasteiger partial charge in [0.25, 0.3) is 0 Å². The van der Waals surface area contributed by atoms with Gasteiger partial charge in [-0.25, -0.2) is 9.59 Å². The second-order valence-electron chi connectivity index (χ2n) is 10.0. The van der Waals surface area contributed by atoms with E-state index in [0.29, 0.717) is 12.4 Å². The molecule has 0 aliphatic heterocycles. The largest absolute Gasteiger partial charge is 0.490 e. The first-order chi connectivity index (χ1) is 17.7. The molecule has 0 spiro atoms. The standard InChI is InChI=1S/C31H33NO5/c1-5-17-35-22-12-10-11-21(18-22)19-28(29(33)37-31(2,3)4)32-30(34)36-20-27-25-15-8-6-13-23(25)24-14-7-9-16-26(24)27/h5-16,18,27-28H,1,17,19-20H2,2-4H3,(H,32,34). The number of benzene rings is 3. The molecule has 0 bridgehead atoms. The summed E-state index contributed by atoms with van der Waals surface area (Å²) in [5.74, 6) is 0.0525. The first-order valence-electron chi connectivity index (χ1n) is 12.4. The van der Waals surface area contributed by atoms with Crippen LogP contribution in [0.3, 0.4) is 0 Å². The van der Waals surface area contributed by atoms with Crippen molar-refractivity contribution in [1.29, 1.82) is 0 Å². The fraction of sp³-hybridized carbons (Fsp3) is 0.290. The van der Waals surface area contributed by atoms with E-state index < -0.39 is 23.7 Å². The van der Waals surface area contributed by atoms with Gasteiger partial charge in [-0.05, 0) is 60.7 Å². The highest BCUT2D eigenvalue weighted by molar-refractivity contribution is 5.82. The Morgan fingerprint density at radius 3 is 2.24 bits per heavy atom. The average molecular weight is 500 g/mol. The molecule has 3 aromatic rings. The number of hydrogen-bond donors (Lipinski definition) is 1. The number of amides is 1. The maximum atomic E-state index is 13.0. The van der Waals surface area contributed by atoms with Crippen LogP contribution in [-0.4, -0.2) is 36.9 Å². The minimum Gasteiger partial charge on any atom is -0.490 e. The maximum Gasteiger partial charge on any atom is 0.407 e. The molecule has 0 fully saturated rings. The van der Waals surface area contributed by atoms with Crippen LogP contribution >= 0.6 is 0 Å². The second kappa shape index (κ2) is 11.3. The molecule has 1 N–H and O–H groups in total. The van der Waals surface area contributed by atoms with Crippen molar-refractivity contribution in [1.82, 2.24) is 5.32 Å². The molecule has 0 radical (unpaired) electrons. The molecule has 4 rings (SSSR count). The van der Waals surface area contributed by atoms with Gasteiger partial charge in [-0.15, -0.1) is 0 Å². The molecule has 6 nitrogen and oxygen atoms in total. The second-order valence-corrected chi connectivity index (χ2v) is 10.0. The van der Waals surface area contributed by atoms with E-state index in [1.165, 1.54) is 0 Å². The van der Waals surface area contributed by atoms with Crippen LogP contribution in [0.4, 0.5) is 4.79 Å². The van der Waals surface area contributed by atoms with Crippen molar-refractivity contribution < 1.29 is 23.8 Å². The van der Waals surface area contributed by atoms with Gasteiger partial charge in [-0.1, -0.05) is 73.3 Å². The average Bonchev–Trinajstić information content (AvgIpc) is 3.19. The summed E-state index contributed by atoms with van der Waals surface area (Å²) in [4.78, 5) is 25.9. The fourth-order valence-corrected chi connectivity index (χ4v) is 4.50. The van der Waals surface area contributed by atoms with Gasteiger partial charge in [0.15, 0.2) is 0 Å². The monoisotopic (exact) mass is 499 g/mol. The van der Waals surface area contributed by atoms with Gasteiger partial charge in [0.2, 0.25) is 0 Å². The van der Waals surface area contributed by atoms with Crippen molar-refractivity contribution in [3.05, 3.63) is 102 Å². The number of hydrogen-bond acceptors (Lipinski definition) is 5. The van der Waals surface area contributed by atoms with E-state index in [0.717, 1.165) is 27.8 Å². The number of nitrogens with one attached hydrogen (secondary N) is 1. The Balaban J connectivity index is 1.47. The zero-order valence-corrected chi connectivity index (χ0v) is 21.5. The highest BCUT2D eigenvalue weighted by atomic mass is 16.6. The Hall–Kier alpha value is -4.06. The Bertz CT molecular complexity index is 1230. The molecule has 0 heterocycles. The lowest BCUT2D eigenvalue weighted by Gasteiger charge is -2.25. The summed E-state index contributed by atoms with van der Waals surface area (Å²) in [6, 6.07) is 22.7. The van der Waals surface area contributed by atoms with Crippen molar-refractivity contribution in [2.45, 2.75) is 44.8 Å². The van der Waals surface area contributed by atoms with Gasteiger partial charge < -0.3 is 19.5 Å². The van der Waals surface area contributed by atoms with E-state index in [4.69, 9.17) is 14.2 Å². The molecule has 1 unspecified atom stereocenters. The lowest BCUT2D eigenvalue weighted by molar-refractivity contribution is -0.157. The van der Waals surface area contributed by atoms with E-state index in [1.807, 2.05) is 48.5 Å². The normalized spacial score (nSPS) is 13.2. The van der Waals surface area contributed by atoms with Gasteiger partial charge in [-0.2, -0.15) is 0 Å². The third kappa shape index (κ3) is 6.58.